The van der Waals surface area contributed by atoms with Gasteiger partial charge in [0.1, 0.15) is 11.6 Å². The van der Waals surface area contributed by atoms with Gasteiger partial charge < -0.3 is 5.32 Å². The summed E-state index contributed by atoms with van der Waals surface area (Å²) < 4.78 is 28.3. The van der Waals surface area contributed by atoms with Gasteiger partial charge in [0.2, 0.25) is 0 Å². The smallest absolute Gasteiger partial charge is 0.273 e. The lowest BCUT2D eigenvalue weighted by atomic mass is 10.2. The van der Waals surface area contributed by atoms with Gasteiger partial charge in [-0.05, 0) is 12.1 Å². The van der Waals surface area contributed by atoms with E-state index in [1.54, 1.807) is 0 Å². The molecule has 2 aromatic heterocycles. The number of carbonyl (C=O) groups excluding carboxylic acids is 1. The first kappa shape index (κ1) is 14.7. The molecule has 2 heterocycles. The van der Waals surface area contributed by atoms with Gasteiger partial charge in [-0.2, -0.15) is 5.21 Å². The first-order valence-corrected chi connectivity index (χ1v) is 6.47. The second-order valence-electron chi connectivity index (χ2n) is 4.51. The largest absolute Gasteiger partial charge is 0.343 e. The van der Waals surface area contributed by atoms with Crippen molar-refractivity contribution in [2.24, 2.45) is 0 Å². The lowest BCUT2D eigenvalue weighted by Crippen LogP contribution is -2.23. The van der Waals surface area contributed by atoms with Crippen molar-refractivity contribution in [1.82, 2.24) is 40.9 Å². The number of hydrogen-bond acceptors (Lipinski definition) is 6. The summed E-state index contributed by atoms with van der Waals surface area (Å²) in [7, 11) is 0. The summed E-state index contributed by atoms with van der Waals surface area (Å²) in [6.07, 6.45) is 1.29. The summed E-state index contributed by atoms with van der Waals surface area (Å²) in [5.74, 6) is -1.60. The van der Waals surface area contributed by atoms with Gasteiger partial charge in [-0.25, -0.2) is 13.5 Å². The van der Waals surface area contributed by atoms with Crippen LogP contribution in [0.4, 0.5) is 8.78 Å². The van der Waals surface area contributed by atoms with Gasteiger partial charge in [-0.3, -0.25) is 4.79 Å². The molecule has 23 heavy (non-hydrogen) atoms. The average molecular weight is 320 g/mol. The van der Waals surface area contributed by atoms with Crippen LogP contribution in [0, 0.1) is 11.6 Å². The molecule has 0 fully saturated rings. The van der Waals surface area contributed by atoms with Crippen molar-refractivity contribution in [2.75, 3.05) is 0 Å². The molecule has 0 aliphatic carbocycles. The highest BCUT2D eigenvalue weighted by molar-refractivity contribution is 5.91. The number of aromatic amines is 1. The number of benzene rings is 1. The molecule has 0 saturated heterocycles. The lowest BCUT2D eigenvalue weighted by molar-refractivity contribution is 0.0945. The Balaban J connectivity index is 1.67. The summed E-state index contributed by atoms with van der Waals surface area (Å²) in [4.78, 5) is 11.9. The first-order valence-electron chi connectivity index (χ1n) is 6.47. The van der Waals surface area contributed by atoms with E-state index in [9.17, 15) is 13.6 Å². The minimum atomic E-state index is -0.691. The van der Waals surface area contributed by atoms with Gasteiger partial charge in [-0.1, -0.05) is 16.5 Å². The van der Waals surface area contributed by atoms with Crippen LogP contribution in [0.2, 0.25) is 0 Å². The van der Waals surface area contributed by atoms with Crippen molar-refractivity contribution < 1.29 is 13.6 Å². The normalized spacial score (nSPS) is 10.7. The standard InChI is InChI=1S/C12H10F2N8O/c13-8-2-1-3-9(14)7(8)5-22-6-10(16-21-22)12(23)15-4-11-17-19-20-18-11/h1-3,6H,4-5H2,(H,15,23)(H,17,18,19,20). The second-order valence-corrected chi connectivity index (χ2v) is 4.51. The Morgan fingerprint density at radius 3 is 2.74 bits per heavy atom. The van der Waals surface area contributed by atoms with Crippen molar-refractivity contribution in [1.29, 1.82) is 0 Å². The van der Waals surface area contributed by atoms with Crippen LogP contribution in [0.5, 0.6) is 0 Å². The Morgan fingerprint density at radius 2 is 2.04 bits per heavy atom. The number of rotatable bonds is 5. The van der Waals surface area contributed by atoms with Crippen molar-refractivity contribution >= 4 is 5.91 Å². The fraction of sp³-hybridized carbons (Fsp3) is 0.167. The van der Waals surface area contributed by atoms with E-state index < -0.39 is 17.5 Å². The van der Waals surface area contributed by atoms with E-state index in [0.29, 0.717) is 5.82 Å². The Labute approximate surface area is 127 Å². The van der Waals surface area contributed by atoms with Crippen LogP contribution < -0.4 is 5.32 Å². The third-order valence-electron chi connectivity index (χ3n) is 2.95. The molecule has 2 N–H and O–H groups in total. The summed E-state index contributed by atoms with van der Waals surface area (Å²) in [5.41, 5.74) is -0.151. The maximum atomic E-state index is 13.6. The molecule has 0 aliphatic rings. The zero-order valence-corrected chi connectivity index (χ0v) is 11.6. The van der Waals surface area contributed by atoms with Crippen LogP contribution in [0.1, 0.15) is 21.9 Å². The van der Waals surface area contributed by atoms with E-state index in [2.05, 4.69) is 36.3 Å². The number of tetrazole rings is 1. The van der Waals surface area contributed by atoms with E-state index in [1.165, 1.54) is 16.9 Å². The van der Waals surface area contributed by atoms with Gasteiger partial charge in [0.15, 0.2) is 11.5 Å². The molecule has 1 aromatic carbocycles. The number of amides is 1. The van der Waals surface area contributed by atoms with Crippen molar-refractivity contribution in [2.45, 2.75) is 13.1 Å². The van der Waals surface area contributed by atoms with E-state index >= 15 is 0 Å². The predicted octanol–water partition coefficient (Wildman–Crippen LogP) is 0.0477. The zero-order valence-electron chi connectivity index (χ0n) is 11.6. The molecule has 0 saturated carbocycles. The zero-order chi connectivity index (χ0) is 16.2. The quantitative estimate of drug-likeness (QED) is 0.686. The molecule has 1 amide bonds. The van der Waals surface area contributed by atoms with Crippen LogP contribution in [-0.4, -0.2) is 41.5 Å². The number of hydrogen-bond donors (Lipinski definition) is 2. The topological polar surface area (TPSA) is 114 Å². The highest BCUT2D eigenvalue weighted by Crippen LogP contribution is 2.13. The minimum Gasteiger partial charge on any atom is -0.343 e. The van der Waals surface area contributed by atoms with Crippen LogP contribution in [-0.2, 0) is 13.1 Å². The molecule has 0 atom stereocenters. The molecule has 0 unspecified atom stereocenters. The average Bonchev–Trinajstić information content (AvgIpc) is 3.20. The number of nitrogens with one attached hydrogen (secondary N) is 2. The predicted molar refractivity (Wildman–Crippen MR) is 70.8 cm³/mol. The van der Waals surface area contributed by atoms with Crippen molar-refractivity contribution in [3.05, 3.63) is 53.1 Å². The third kappa shape index (κ3) is 3.33. The molecular formula is C12H10F2N8O. The summed E-state index contributed by atoms with van der Waals surface area (Å²) >= 11 is 0. The Bertz CT molecular complexity index is 796. The van der Waals surface area contributed by atoms with E-state index in [4.69, 9.17) is 0 Å². The molecular weight excluding hydrogens is 310 g/mol. The highest BCUT2D eigenvalue weighted by atomic mass is 19.1. The fourth-order valence-corrected chi connectivity index (χ4v) is 1.83. The molecule has 118 valence electrons. The van der Waals surface area contributed by atoms with E-state index in [-0.39, 0.29) is 24.3 Å². The number of carbonyl (C=O) groups is 1. The Hall–Kier alpha value is -3.24. The van der Waals surface area contributed by atoms with Crippen LogP contribution in [0.25, 0.3) is 0 Å². The second kappa shape index (κ2) is 6.25. The van der Waals surface area contributed by atoms with Gasteiger partial charge in [0, 0.05) is 5.56 Å². The van der Waals surface area contributed by atoms with E-state index in [0.717, 1.165) is 12.1 Å². The van der Waals surface area contributed by atoms with Crippen LogP contribution >= 0.6 is 0 Å². The molecule has 0 spiro atoms. The van der Waals surface area contributed by atoms with Gasteiger partial charge in [0.05, 0.1) is 19.3 Å². The first-order chi connectivity index (χ1) is 11.1. The molecule has 3 aromatic rings. The number of halogens is 2. The number of H-pyrrole nitrogens is 1. The minimum absolute atomic E-state index is 0.00485. The van der Waals surface area contributed by atoms with Crippen molar-refractivity contribution in [3.63, 3.8) is 0 Å². The fourth-order valence-electron chi connectivity index (χ4n) is 1.83. The van der Waals surface area contributed by atoms with Gasteiger partial charge >= 0.3 is 0 Å². The molecule has 0 radical (unpaired) electrons. The maximum Gasteiger partial charge on any atom is 0.273 e. The highest BCUT2D eigenvalue weighted by Gasteiger charge is 2.14. The Kier molecular flexibility index (Phi) is 3.99. The maximum absolute atomic E-state index is 13.6. The van der Waals surface area contributed by atoms with Gasteiger partial charge in [0.25, 0.3) is 5.91 Å². The molecule has 0 bridgehead atoms. The molecule has 9 nitrogen and oxygen atoms in total. The van der Waals surface area contributed by atoms with Crippen LogP contribution in [0.3, 0.4) is 0 Å². The lowest BCUT2D eigenvalue weighted by Gasteiger charge is -2.03. The Morgan fingerprint density at radius 1 is 1.26 bits per heavy atom. The van der Waals surface area contributed by atoms with Crippen LogP contribution in [0.15, 0.2) is 24.4 Å². The van der Waals surface area contributed by atoms with Gasteiger partial charge in [-0.15, -0.1) is 15.3 Å². The SMILES string of the molecule is O=C(NCc1nn[nH]n1)c1cn(Cc2c(F)cccc2F)nn1. The molecule has 11 heteroatoms. The summed E-state index contributed by atoms with van der Waals surface area (Å²) in [6, 6.07) is 3.56. The molecule has 3 rings (SSSR count). The van der Waals surface area contributed by atoms with E-state index in [1.807, 2.05) is 0 Å². The van der Waals surface area contributed by atoms with Crippen molar-refractivity contribution in [3.8, 4) is 0 Å². The summed E-state index contributed by atoms with van der Waals surface area (Å²) in [5, 5.41) is 22.8. The molecule has 0 aliphatic heterocycles. The third-order valence-corrected chi connectivity index (χ3v) is 2.95. The summed E-state index contributed by atoms with van der Waals surface area (Å²) in [6.45, 7) is -0.117. The number of nitrogens with zero attached hydrogens (tertiary/aromatic N) is 6. The monoisotopic (exact) mass is 320 g/mol. The number of aromatic nitrogens is 7.